The van der Waals surface area contributed by atoms with Crippen LogP contribution in [0.2, 0.25) is 0 Å². The summed E-state index contributed by atoms with van der Waals surface area (Å²) in [5, 5.41) is 3.84. The summed E-state index contributed by atoms with van der Waals surface area (Å²) < 4.78 is 1.63. The summed E-state index contributed by atoms with van der Waals surface area (Å²) in [5.74, 6) is 2.22. The van der Waals surface area contributed by atoms with Gasteiger partial charge in [-0.3, -0.25) is 4.68 Å². The van der Waals surface area contributed by atoms with Crippen molar-refractivity contribution in [2.75, 3.05) is 0 Å². The largest absolute Gasteiger partial charge is 0.261 e. The molecule has 0 atom stereocenters. The normalized spacial score (nSPS) is 8.38. The summed E-state index contributed by atoms with van der Waals surface area (Å²) in [6, 6.07) is 1.82. The highest BCUT2D eigenvalue weighted by molar-refractivity contribution is 4.83. The van der Waals surface area contributed by atoms with E-state index >= 15 is 0 Å². The molecule has 0 spiro atoms. The van der Waals surface area contributed by atoms with Crippen LogP contribution in [0.1, 0.15) is 0 Å². The Kier molecular flexibility index (Phi) is 1.34. The van der Waals surface area contributed by atoms with E-state index in [-0.39, 0.29) is 0 Å². The third-order valence-corrected chi connectivity index (χ3v) is 0.800. The average Bonchev–Trinajstić information content (AvgIpc) is 2.19. The molecule has 1 rings (SSSR count). The summed E-state index contributed by atoms with van der Waals surface area (Å²) >= 11 is 0. The van der Waals surface area contributed by atoms with Gasteiger partial charge >= 0.3 is 0 Å². The minimum atomic E-state index is 0.451. The first-order valence-electron chi connectivity index (χ1n) is 2.30. The van der Waals surface area contributed by atoms with Gasteiger partial charge < -0.3 is 0 Å². The number of hydrogen-bond donors (Lipinski definition) is 0. The first-order chi connectivity index (χ1) is 3.93. The molecule has 1 aromatic heterocycles. The van der Waals surface area contributed by atoms with Gasteiger partial charge in [0.2, 0.25) is 0 Å². The van der Waals surface area contributed by atoms with Crippen LogP contribution in [0.3, 0.4) is 0 Å². The van der Waals surface area contributed by atoms with Crippen LogP contribution in [0.4, 0.5) is 0 Å². The third-order valence-electron chi connectivity index (χ3n) is 0.800. The van der Waals surface area contributed by atoms with Gasteiger partial charge in [-0.05, 0) is 12.5 Å². The van der Waals surface area contributed by atoms with Crippen molar-refractivity contribution in [2.45, 2.75) is 6.54 Å². The molecule has 0 bridgehead atoms. The molecule has 0 N–H and O–H groups in total. The molecule has 0 saturated carbocycles. The molecule has 0 aliphatic heterocycles. The second-order valence-electron chi connectivity index (χ2n) is 1.38. The first-order valence-corrected chi connectivity index (χ1v) is 2.30. The van der Waals surface area contributed by atoms with Crippen molar-refractivity contribution in [3.8, 4) is 5.92 Å². The van der Waals surface area contributed by atoms with E-state index in [0.29, 0.717) is 6.54 Å². The summed E-state index contributed by atoms with van der Waals surface area (Å²) in [6.45, 7) is 0.451. The third kappa shape index (κ3) is 0.881. The number of hydrogen-bond acceptors (Lipinski definition) is 1. The van der Waals surface area contributed by atoms with Crippen LogP contribution in [0, 0.1) is 12.3 Å². The average molecular weight is 105 g/mol. The molecule has 2 nitrogen and oxygen atoms in total. The Labute approximate surface area is 48.1 Å². The molecule has 1 radical (unpaired) electrons. The number of aromatic nitrogens is 2. The van der Waals surface area contributed by atoms with Gasteiger partial charge in [-0.25, -0.2) is 0 Å². The van der Waals surface area contributed by atoms with Crippen LogP contribution in [0.15, 0.2) is 18.5 Å². The zero-order chi connectivity index (χ0) is 5.82. The molecule has 1 heterocycles. The highest BCUT2D eigenvalue weighted by atomic mass is 15.2. The predicted molar refractivity (Wildman–Crippen MR) is 29.4 cm³/mol. The molecule has 0 aliphatic carbocycles. The van der Waals surface area contributed by atoms with Crippen LogP contribution in [0.5, 0.6) is 0 Å². The molecule has 0 fully saturated rings. The Balaban J connectivity index is 2.67. The van der Waals surface area contributed by atoms with Crippen molar-refractivity contribution in [3.05, 3.63) is 24.9 Å². The topological polar surface area (TPSA) is 17.8 Å². The van der Waals surface area contributed by atoms with E-state index in [1.165, 1.54) is 0 Å². The van der Waals surface area contributed by atoms with Crippen molar-refractivity contribution in [3.63, 3.8) is 0 Å². The molecule has 8 heavy (non-hydrogen) atoms. The second-order valence-corrected chi connectivity index (χ2v) is 1.38. The van der Waals surface area contributed by atoms with E-state index in [1.54, 1.807) is 17.1 Å². The Hall–Kier alpha value is -1.23. The SMILES string of the molecule is [C]#CCn1cccn1. The molecule has 39 valence electrons. The van der Waals surface area contributed by atoms with Crippen molar-refractivity contribution in [1.82, 2.24) is 9.78 Å². The zero-order valence-corrected chi connectivity index (χ0v) is 4.33. The Bertz CT molecular complexity index is 181. The van der Waals surface area contributed by atoms with Crippen molar-refractivity contribution >= 4 is 0 Å². The van der Waals surface area contributed by atoms with Crippen molar-refractivity contribution in [2.24, 2.45) is 0 Å². The Morgan fingerprint density at radius 1 is 1.75 bits per heavy atom. The quantitative estimate of drug-likeness (QED) is 0.475. The fraction of sp³-hybridized carbons (Fsp3) is 0.167. The standard InChI is InChI=1S/C6H5N2/c1-2-5-8-6-3-4-7-8/h3-4,6H,5H2. The highest BCUT2D eigenvalue weighted by Gasteiger charge is 1.80. The van der Waals surface area contributed by atoms with E-state index in [2.05, 4.69) is 11.0 Å². The van der Waals surface area contributed by atoms with Crippen LogP contribution >= 0.6 is 0 Å². The molecule has 2 heteroatoms. The van der Waals surface area contributed by atoms with Crippen LogP contribution in [-0.4, -0.2) is 9.78 Å². The lowest BCUT2D eigenvalue weighted by molar-refractivity contribution is 0.715. The minimum Gasteiger partial charge on any atom is -0.261 e. The minimum absolute atomic E-state index is 0.451. The van der Waals surface area contributed by atoms with Gasteiger partial charge in [0.1, 0.15) is 6.54 Å². The number of nitrogens with zero attached hydrogens (tertiary/aromatic N) is 2. The second kappa shape index (κ2) is 2.17. The molecule has 0 aromatic carbocycles. The maximum absolute atomic E-state index is 6.57. The molecular weight excluding hydrogens is 100 g/mol. The fourth-order valence-electron chi connectivity index (χ4n) is 0.475. The fourth-order valence-corrected chi connectivity index (χ4v) is 0.475. The van der Waals surface area contributed by atoms with E-state index in [4.69, 9.17) is 6.42 Å². The maximum Gasteiger partial charge on any atom is 0.103 e. The molecule has 1 aromatic rings. The van der Waals surface area contributed by atoms with Gasteiger partial charge in [0.15, 0.2) is 0 Å². The molecule has 0 unspecified atom stereocenters. The van der Waals surface area contributed by atoms with Gasteiger partial charge in [-0.2, -0.15) is 5.10 Å². The number of rotatable bonds is 1. The van der Waals surface area contributed by atoms with Gasteiger partial charge in [0, 0.05) is 12.4 Å². The lowest BCUT2D eigenvalue weighted by Crippen LogP contribution is -1.93. The lowest BCUT2D eigenvalue weighted by Gasteiger charge is -1.87. The van der Waals surface area contributed by atoms with E-state index in [9.17, 15) is 0 Å². The molecular formula is C6H5N2. The van der Waals surface area contributed by atoms with Gasteiger partial charge in [0.25, 0.3) is 0 Å². The predicted octanol–water partition coefficient (Wildman–Crippen LogP) is 0.473. The van der Waals surface area contributed by atoms with Gasteiger partial charge in [-0.1, -0.05) is 5.92 Å². The van der Waals surface area contributed by atoms with Crippen LogP contribution in [-0.2, 0) is 6.54 Å². The maximum atomic E-state index is 6.57. The van der Waals surface area contributed by atoms with E-state index in [1.807, 2.05) is 6.07 Å². The first kappa shape index (κ1) is 4.92. The van der Waals surface area contributed by atoms with Gasteiger partial charge in [0.05, 0.1) is 0 Å². The Morgan fingerprint density at radius 2 is 2.62 bits per heavy atom. The highest BCUT2D eigenvalue weighted by Crippen LogP contribution is 1.80. The Morgan fingerprint density at radius 3 is 3.12 bits per heavy atom. The monoisotopic (exact) mass is 105 g/mol. The molecule has 0 aliphatic rings. The summed E-state index contributed by atoms with van der Waals surface area (Å²) in [7, 11) is 0. The molecule has 0 saturated heterocycles. The molecule has 0 amide bonds. The lowest BCUT2D eigenvalue weighted by atomic mass is 10.7. The zero-order valence-electron chi connectivity index (χ0n) is 4.33. The van der Waals surface area contributed by atoms with Gasteiger partial charge in [-0.15, -0.1) is 0 Å². The summed E-state index contributed by atoms with van der Waals surface area (Å²) in [5.41, 5.74) is 0. The van der Waals surface area contributed by atoms with Crippen molar-refractivity contribution in [1.29, 1.82) is 0 Å². The summed E-state index contributed by atoms with van der Waals surface area (Å²) in [6.07, 6.45) is 10.0. The van der Waals surface area contributed by atoms with E-state index < -0.39 is 0 Å². The summed E-state index contributed by atoms with van der Waals surface area (Å²) in [4.78, 5) is 0. The van der Waals surface area contributed by atoms with Crippen LogP contribution < -0.4 is 0 Å². The van der Waals surface area contributed by atoms with Crippen molar-refractivity contribution < 1.29 is 0 Å². The smallest absolute Gasteiger partial charge is 0.103 e. The van der Waals surface area contributed by atoms with Crippen LogP contribution in [0.25, 0.3) is 0 Å². The van der Waals surface area contributed by atoms with E-state index in [0.717, 1.165) is 0 Å².